The lowest BCUT2D eigenvalue weighted by molar-refractivity contribution is -0.149. The molecule has 7 heteroatoms. The van der Waals surface area contributed by atoms with E-state index in [0.717, 1.165) is 16.7 Å². The van der Waals surface area contributed by atoms with Crippen molar-refractivity contribution in [3.05, 3.63) is 108 Å². The summed E-state index contributed by atoms with van der Waals surface area (Å²) in [6.07, 6.45) is 0.195. The first-order valence-electron chi connectivity index (χ1n) is 12.5. The van der Waals surface area contributed by atoms with Crippen molar-refractivity contribution in [3.8, 4) is 0 Å². The van der Waals surface area contributed by atoms with E-state index in [1.54, 1.807) is 0 Å². The number of alkyl carbamates (subject to hydrolysis) is 1. The Labute approximate surface area is 218 Å². The van der Waals surface area contributed by atoms with Crippen molar-refractivity contribution in [1.82, 2.24) is 10.6 Å². The number of carbonyl (C=O) groups is 3. The zero-order valence-electron chi connectivity index (χ0n) is 21.3. The average molecular weight is 503 g/mol. The van der Waals surface area contributed by atoms with Crippen LogP contribution in [0.4, 0.5) is 4.79 Å². The largest absolute Gasteiger partial charge is 0.459 e. The van der Waals surface area contributed by atoms with E-state index in [0.29, 0.717) is 6.42 Å². The molecule has 0 spiro atoms. The van der Waals surface area contributed by atoms with Gasteiger partial charge in [-0.3, -0.25) is 4.79 Å². The molecule has 0 aliphatic rings. The molecule has 0 heterocycles. The van der Waals surface area contributed by atoms with E-state index in [2.05, 4.69) is 10.6 Å². The third-order valence-corrected chi connectivity index (χ3v) is 6.09. The van der Waals surface area contributed by atoms with Gasteiger partial charge in [0.25, 0.3) is 0 Å². The number of rotatable bonds is 12. The standard InChI is InChI=1S/C30H34N2O5/c1-3-22(2)27(32-30(35)37-21-25-17-11-6-12-18-25)28(33)31-26(19-23-13-7-4-8-14-23)29(34)36-20-24-15-9-5-10-16-24/h4-18,22,26-27H,3,19-21H2,1-2H3,(H,31,33)(H,32,35)/t22-,26+,27-/m1/s1. The molecule has 0 bridgehead atoms. The van der Waals surface area contributed by atoms with Crippen LogP contribution < -0.4 is 10.6 Å². The molecule has 0 aliphatic carbocycles. The Kier molecular flexibility index (Phi) is 10.7. The zero-order chi connectivity index (χ0) is 26.5. The number of carbonyl (C=O) groups excluding carboxylic acids is 3. The topological polar surface area (TPSA) is 93.7 Å². The molecule has 3 rings (SSSR count). The molecule has 0 aromatic heterocycles. The van der Waals surface area contributed by atoms with Crippen molar-refractivity contribution in [3.63, 3.8) is 0 Å². The maximum absolute atomic E-state index is 13.3. The highest BCUT2D eigenvalue weighted by atomic mass is 16.5. The molecule has 0 unspecified atom stereocenters. The fraction of sp³-hybridized carbons (Fsp3) is 0.300. The van der Waals surface area contributed by atoms with E-state index in [-0.39, 0.29) is 25.6 Å². The second-order valence-corrected chi connectivity index (χ2v) is 8.91. The number of ether oxygens (including phenoxy) is 2. The number of amides is 2. The van der Waals surface area contributed by atoms with Crippen LogP contribution in [-0.4, -0.2) is 30.1 Å². The molecular formula is C30H34N2O5. The van der Waals surface area contributed by atoms with Gasteiger partial charge in [0.2, 0.25) is 5.91 Å². The van der Waals surface area contributed by atoms with Gasteiger partial charge in [0, 0.05) is 6.42 Å². The predicted octanol–water partition coefficient (Wildman–Crippen LogP) is 4.80. The maximum atomic E-state index is 13.3. The summed E-state index contributed by atoms with van der Waals surface area (Å²) in [5, 5.41) is 5.49. The minimum absolute atomic E-state index is 0.0873. The van der Waals surface area contributed by atoms with Crippen LogP contribution in [0.3, 0.4) is 0 Å². The minimum Gasteiger partial charge on any atom is -0.459 e. The Balaban J connectivity index is 1.67. The van der Waals surface area contributed by atoms with Gasteiger partial charge in [0.15, 0.2) is 0 Å². The van der Waals surface area contributed by atoms with Crippen LogP contribution in [0.15, 0.2) is 91.0 Å². The van der Waals surface area contributed by atoms with Crippen molar-refractivity contribution in [1.29, 1.82) is 0 Å². The first-order valence-corrected chi connectivity index (χ1v) is 12.5. The predicted molar refractivity (Wildman–Crippen MR) is 141 cm³/mol. The summed E-state index contributed by atoms with van der Waals surface area (Å²) in [7, 11) is 0. The molecule has 0 aliphatic heterocycles. The Morgan fingerprint density at radius 3 is 1.70 bits per heavy atom. The summed E-state index contributed by atoms with van der Waals surface area (Å²) in [5.74, 6) is -1.21. The summed E-state index contributed by atoms with van der Waals surface area (Å²) in [6, 6.07) is 26.2. The highest BCUT2D eigenvalue weighted by Crippen LogP contribution is 2.12. The van der Waals surface area contributed by atoms with E-state index in [1.807, 2.05) is 105 Å². The SMILES string of the molecule is CC[C@@H](C)[C@@H](NC(=O)OCc1ccccc1)C(=O)N[C@@H](Cc1ccccc1)C(=O)OCc1ccccc1. The van der Waals surface area contributed by atoms with Crippen molar-refractivity contribution in [2.75, 3.05) is 0 Å². The molecule has 2 N–H and O–H groups in total. The molecule has 2 amide bonds. The van der Waals surface area contributed by atoms with Gasteiger partial charge in [-0.1, -0.05) is 111 Å². The van der Waals surface area contributed by atoms with Gasteiger partial charge in [0.1, 0.15) is 25.3 Å². The van der Waals surface area contributed by atoms with Gasteiger partial charge in [-0.25, -0.2) is 9.59 Å². The summed E-state index contributed by atoms with van der Waals surface area (Å²) in [4.78, 5) is 38.9. The van der Waals surface area contributed by atoms with Crippen LogP contribution in [-0.2, 0) is 38.7 Å². The van der Waals surface area contributed by atoms with Crippen LogP contribution in [0.5, 0.6) is 0 Å². The highest BCUT2D eigenvalue weighted by Gasteiger charge is 2.31. The quantitative estimate of drug-likeness (QED) is 0.347. The Hall–Kier alpha value is -4.13. The molecule has 0 saturated heterocycles. The molecule has 7 nitrogen and oxygen atoms in total. The lowest BCUT2D eigenvalue weighted by Gasteiger charge is -2.26. The molecule has 0 fully saturated rings. The second-order valence-electron chi connectivity index (χ2n) is 8.91. The number of benzene rings is 3. The fourth-order valence-electron chi connectivity index (χ4n) is 3.73. The summed E-state index contributed by atoms with van der Waals surface area (Å²) < 4.78 is 10.9. The minimum atomic E-state index is -0.924. The highest BCUT2D eigenvalue weighted by molar-refractivity contribution is 5.90. The van der Waals surface area contributed by atoms with Crippen LogP contribution >= 0.6 is 0 Å². The summed E-state index contributed by atoms with van der Waals surface area (Å²) in [5.41, 5.74) is 2.56. The first-order chi connectivity index (χ1) is 18.0. The Morgan fingerprint density at radius 1 is 0.703 bits per heavy atom. The molecule has 0 saturated carbocycles. The third-order valence-electron chi connectivity index (χ3n) is 6.09. The Morgan fingerprint density at radius 2 is 1.19 bits per heavy atom. The molecule has 0 radical (unpaired) electrons. The van der Waals surface area contributed by atoms with Crippen molar-refractivity contribution in [2.24, 2.45) is 5.92 Å². The molecule has 3 aromatic rings. The molecule has 37 heavy (non-hydrogen) atoms. The maximum Gasteiger partial charge on any atom is 0.408 e. The molecule has 3 aromatic carbocycles. The van der Waals surface area contributed by atoms with E-state index in [1.165, 1.54) is 0 Å². The van der Waals surface area contributed by atoms with Crippen molar-refractivity contribution in [2.45, 2.75) is 52.0 Å². The number of esters is 1. The van der Waals surface area contributed by atoms with Gasteiger partial charge in [0.05, 0.1) is 0 Å². The van der Waals surface area contributed by atoms with E-state index in [9.17, 15) is 14.4 Å². The normalized spacial score (nSPS) is 13.0. The van der Waals surface area contributed by atoms with Crippen molar-refractivity contribution >= 4 is 18.0 Å². The third kappa shape index (κ3) is 9.11. The van der Waals surface area contributed by atoms with E-state index >= 15 is 0 Å². The molecule has 3 atom stereocenters. The summed E-state index contributed by atoms with van der Waals surface area (Å²) >= 11 is 0. The molecular weight excluding hydrogens is 468 g/mol. The first kappa shape index (κ1) is 27.5. The van der Waals surface area contributed by atoms with Gasteiger partial charge < -0.3 is 20.1 Å². The van der Waals surface area contributed by atoms with E-state index < -0.39 is 30.1 Å². The fourth-order valence-corrected chi connectivity index (χ4v) is 3.73. The van der Waals surface area contributed by atoms with E-state index in [4.69, 9.17) is 9.47 Å². The van der Waals surface area contributed by atoms with Gasteiger partial charge in [-0.2, -0.15) is 0 Å². The van der Waals surface area contributed by atoms with Gasteiger partial charge >= 0.3 is 12.1 Å². The second kappa shape index (κ2) is 14.4. The van der Waals surface area contributed by atoms with Crippen LogP contribution in [0.25, 0.3) is 0 Å². The zero-order valence-corrected chi connectivity index (χ0v) is 21.3. The number of nitrogens with one attached hydrogen (secondary N) is 2. The average Bonchev–Trinajstić information content (AvgIpc) is 2.94. The van der Waals surface area contributed by atoms with Gasteiger partial charge in [-0.05, 0) is 22.6 Å². The Bertz CT molecular complexity index is 1120. The summed E-state index contributed by atoms with van der Waals surface area (Å²) in [6.45, 7) is 3.98. The number of hydrogen-bond donors (Lipinski definition) is 2. The van der Waals surface area contributed by atoms with Crippen LogP contribution in [0, 0.1) is 5.92 Å². The monoisotopic (exact) mass is 502 g/mol. The van der Waals surface area contributed by atoms with Crippen LogP contribution in [0.2, 0.25) is 0 Å². The molecule has 194 valence electrons. The van der Waals surface area contributed by atoms with Crippen molar-refractivity contribution < 1.29 is 23.9 Å². The lowest BCUT2D eigenvalue weighted by atomic mass is 9.97. The lowest BCUT2D eigenvalue weighted by Crippen LogP contribution is -2.54. The van der Waals surface area contributed by atoms with Gasteiger partial charge in [-0.15, -0.1) is 0 Å². The number of hydrogen-bond acceptors (Lipinski definition) is 5. The van der Waals surface area contributed by atoms with Crippen LogP contribution in [0.1, 0.15) is 37.0 Å². The smallest absolute Gasteiger partial charge is 0.408 e.